The van der Waals surface area contributed by atoms with Gasteiger partial charge in [0.1, 0.15) is 15.9 Å². The fourth-order valence-electron chi connectivity index (χ4n) is 2.64. The summed E-state index contributed by atoms with van der Waals surface area (Å²) in [6, 6.07) is 42.5. The smallest absolute Gasteiger partial charge is 0.102 e. The van der Waals surface area contributed by atoms with Crippen molar-refractivity contribution in [3.05, 3.63) is 121 Å². The Morgan fingerprint density at radius 3 is 1.07 bits per heavy atom. The zero-order valence-corrected chi connectivity index (χ0v) is 20.4. The van der Waals surface area contributed by atoms with Crippen molar-refractivity contribution < 1.29 is 25.2 Å². The zero-order chi connectivity index (χ0) is 20.5. The van der Waals surface area contributed by atoms with E-state index in [0.29, 0.717) is 0 Å². The van der Waals surface area contributed by atoms with Crippen LogP contribution in [0.1, 0.15) is 0 Å². The molecule has 0 aliphatic heterocycles. The Balaban J connectivity index is 0.000000667. The van der Waals surface area contributed by atoms with Crippen molar-refractivity contribution in [2.24, 2.45) is 0 Å². The molecule has 0 N–H and O–H groups in total. The molecule has 0 saturated heterocycles. The molecule has 0 heterocycles. The van der Waals surface area contributed by atoms with Gasteiger partial charge in [0.2, 0.25) is 0 Å². The minimum atomic E-state index is -0.877. The standard InChI is InChI=1S/C18H15P.C5H5.CH2S.NO.Re/c1-4-10-16(11-5-1)19(17-12-6-2-7-13-17)18-14-8-3-9-15-18;1-2-4-5-3-1;2*1-2;/h1-15H;1-5H;1-2H;;/q;-1;;+1;/p+1. The summed E-state index contributed by atoms with van der Waals surface area (Å²) in [6.45, 7) is 0. The second-order valence-corrected chi connectivity index (χ2v) is 7.92. The Kier molecular flexibility index (Phi) is 16.6. The molecule has 0 aliphatic carbocycles. The van der Waals surface area contributed by atoms with Crippen LogP contribution in [0.2, 0.25) is 0 Å². The SMILES string of the molecule is N#[O+].[CH-]=[SH+].[Re].c1cc[cH-]c1.c1ccc([PH+](c2ccccc2)c2ccccc2)cc1. The van der Waals surface area contributed by atoms with Crippen LogP contribution in [-0.2, 0) is 37.4 Å². The molecule has 0 saturated carbocycles. The summed E-state index contributed by atoms with van der Waals surface area (Å²) in [6.07, 6.45) is 0. The van der Waals surface area contributed by atoms with Crippen LogP contribution >= 0.6 is 7.92 Å². The van der Waals surface area contributed by atoms with Gasteiger partial charge in [-0.2, -0.15) is 24.1 Å². The quantitative estimate of drug-likeness (QED) is 0.117. The maximum atomic E-state index is 7.25. The van der Waals surface area contributed by atoms with E-state index in [4.69, 9.17) is 10.2 Å². The van der Waals surface area contributed by atoms with E-state index in [9.17, 15) is 0 Å². The molecular weight excluding hydrogens is 568 g/mol. The molecule has 5 heteroatoms. The third kappa shape index (κ3) is 9.75. The first kappa shape index (κ1) is 26.9. The summed E-state index contributed by atoms with van der Waals surface area (Å²) < 4.78 is 7.25. The van der Waals surface area contributed by atoms with Gasteiger partial charge in [-0.05, 0) is 36.4 Å². The third-order valence-corrected chi connectivity index (χ3v) is 6.47. The van der Waals surface area contributed by atoms with Gasteiger partial charge in [-0.3, -0.25) is 0 Å². The Morgan fingerprint density at radius 1 is 0.586 bits per heavy atom. The fourth-order valence-corrected chi connectivity index (χ4v) is 5.21. The largest absolute Gasteiger partial charge is 0.214 e. The molecule has 2 nitrogen and oxygen atoms in total. The molecule has 0 aromatic heterocycles. The van der Waals surface area contributed by atoms with E-state index in [1.54, 1.807) is 0 Å². The molecule has 0 bridgehead atoms. The molecular formula is C24H23NOPReS+. The topological polar surface area (TPSA) is 43.7 Å². The first-order valence-electron chi connectivity index (χ1n) is 8.59. The van der Waals surface area contributed by atoms with Crippen LogP contribution in [0.3, 0.4) is 0 Å². The van der Waals surface area contributed by atoms with Crippen LogP contribution in [0, 0.1) is 5.46 Å². The molecule has 4 rings (SSSR count). The molecule has 29 heavy (non-hydrogen) atoms. The van der Waals surface area contributed by atoms with Crippen LogP contribution in [0.15, 0.2) is 121 Å². The average molecular weight is 591 g/mol. The maximum absolute atomic E-state index is 7.25. The van der Waals surface area contributed by atoms with Crippen molar-refractivity contribution in [3.63, 3.8) is 0 Å². The molecule has 4 aromatic rings. The Hall–Kier alpha value is -2.14. The molecule has 0 spiro atoms. The molecule has 0 fully saturated rings. The molecule has 0 atom stereocenters. The van der Waals surface area contributed by atoms with Crippen molar-refractivity contribution in [3.8, 4) is 0 Å². The van der Waals surface area contributed by atoms with Gasteiger partial charge in [0.05, 0.1) is 7.92 Å². The van der Waals surface area contributed by atoms with Crippen LogP contribution in [-0.4, -0.2) is 5.87 Å². The number of hydrogen-bond donors (Lipinski definition) is 0. The second-order valence-electron chi connectivity index (χ2n) is 5.44. The normalized spacial score (nSPS) is 8.52. The first-order valence-corrected chi connectivity index (χ1v) is 10.6. The van der Waals surface area contributed by atoms with Gasteiger partial charge in [-0.25, -0.2) is 12.1 Å². The average Bonchev–Trinajstić information content (AvgIpc) is 3.39. The van der Waals surface area contributed by atoms with Gasteiger partial charge in [0.25, 0.3) is 0 Å². The van der Waals surface area contributed by atoms with E-state index >= 15 is 0 Å². The van der Waals surface area contributed by atoms with E-state index in [0.717, 1.165) is 0 Å². The van der Waals surface area contributed by atoms with Crippen molar-refractivity contribution in [2.75, 3.05) is 0 Å². The molecule has 147 valence electrons. The summed E-state index contributed by atoms with van der Waals surface area (Å²) in [4.78, 5) is 0. The van der Waals surface area contributed by atoms with E-state index in [2.05, 4.69) is 109 Å². The number of nitrogens with zero attached hydrogens (tertiary/aromatic N) is 1. The maximum Gasteiger partial charge on any atom is 0.102 e. The van der Waals surface area contributed by atoms with Crippen molar-refractivity contribution in [2.45, 2.75) is 0 Å². The summed E-state index contributed by atoms with van der Waals surface area (Å²) in [7, 11) is -0.877. The Labute approximate surface area is 193 Å². The minimum absolute atomic E-state index is 0. The van der Waals surface area contributed by atoms with Gasteiger partial charge < -0.3 is 0 Å². The van der Waals surface area contributed by atoms with E-state index < -0.39 is 7.92 Å². The number of rotatable bonds is 3. The number of benzene rings is 3. The van der Waals surface area contributed by atoms with Crippen molar-refractivity contribution in [1.29, 1.82) is 5.46 Å². The summed E-state index contributed by atoms with van der Waals surface area (Å²) >= 11 is 3.03. The fraction of sp³-hybridized carbons (Fsp3) is 0. The molecule has 0 aliphatic rings. The predicted octanol–water partition coefficient (Wildman–Crippen LogP) is 4.05. The van der Waals surface area contributed by atoms with E-state index in [1.165, 1.54) is 15.9 Å². The molecule has 0 amide bonds. The molecule has 0 unspecified atom stereocenters. The summed E-state index contributed by atoms with van der Waals surface area (Å²) in [5, 5.41) is 4.31. The van der Waals surface area contributed by atoms with Crippen LogP contribution < -0.4 is 15.9 Å². The third-order valence-electron chi connectivity index (χ3n) is 3.74. The zero-order valence-electron chi connectivity index (χ0n) is 15.8. The molecule has 4 aromatic carbocycles. The first-order chi connectivity index (χ1) is 13.9. The molecule has 1 radical (unpaired) electrons. The van der Waals surface area contributed by atoms with Gasteiger partial charge in [0, 0.05) is 20.4 Å². The second kappa shape index (κ2) is 17.9. The van der Waals surface area contributed by atoms with E-state index in [1.807, 2.05) is 30.3 Å². The Bertz CT molecular complexity index is 761. The van der Waals surface area contributed by atoms with Crippen LogP contribution in [0.5, 0.6) is 0 Å². The van der Waals surface area contributed by atoms with Crippen LogP contribution in [0.25, 0.3) is 0 Å². The van der Waals surface area contributed by atoms with Crippen molar-refractivity contribution >= 4 is 41.9 Å². The van der Waals surface area contributed by atoms with Gasteiger partial charge in [0.15, 0.2) is 0 Å². The van der Waals surface area contributed by atoms with Gasteiger partial charge >= 0.3 is 10.2 Å². The van der Waals surface area contributed by atoms with Gasteiger partial charge in [-0.15, -0.1) is 0 Å². The van der Waals surface area contributed by atoms with E-state index in [-0.39, 0.29) is 20.4 Å². The van der Waals surface area contributed by atoms with Crippen LogP contribution in [0.4, 0.5) is 0 Å². The summed E-state index contributed by atoms with van der Waals surface area (Å²) in [5.74, 6) is 4.19. The number of hydrogen-bond acceptors (Lipinski definition) is 1. The minimum Gasteiger partial charge on any atom is -0.214 e. The van der Waals surface area contributed by atoms with Crippen molar-refractivity contribution in [1.82, 2.24) is 0 Å². The predicted molar refractivity (Wildman–Crippen MR) is 126 cm³/mol. The van der Waals surface area contributed by atoms with Gasteiger partial charge in [-0.1, -0.05) is 66.8 Å². The Morgan fingerprint density at radius 2 is 0.862 bits per heavy atom. The summed E-state index contributed by atoms with van der Waals surface area (Å²) in [5.41, 5.74) is 5.75. The number of thiol groups is 1. The monoisotopic (exact) mass is 591 g/mol.